The first-order valence-corrected chi connectivity index (χ1v) is 7.92. The quantitative estimate of drug-likeness (QED) is 0.371. The molecule has 2 rings (SSSR count). The van der Waals surface area contributed by atoms with Crippen molar-refractivity contribution in [2.24, 2.45) is 0 Å². The summed E-state index contributed by atoms with van der Waals surface area (Å²) in [7, 11) is -3.86. The lowest BCUT2D eigenvalue weighted by Gasteiger charge is -2.06. The van der Waals surface area contributed by atoms with Crippen LogP contribution in [0, 0.1) is 0 Å². The summed E-state index contributed by atoms with van der Waals surface area (Å²) in [5.41, 5.74) is 0.105. The predicted octanol–water partition coefficient (Wildman–Crippen LogP) is 2.05. The summed E-state index contributed by atoms with van der Waals surface area (Å²) in [5.74, 6) is -1.19. The fraction of sp³-hybridized carbons (Fsp3) is 0.0667. The maximum atomic E-state index is 11.7. The van der Waals surface area contributed by atoms with Crippen LogP contribution >= 0.6 is 0 Å². The number of benzene rings is 2. The number of hydrogen-bond acceptors (Lipinski definition) is 6. The number of fused-ring (bicyclic) bond motifs is 1. The third-order valence-electron chi connectivity index (χ3n) is 2.66. The molecule has 2 aromatic carbocycles. The lowest BCUT2D eigenvalue weighted by Crippen LogP contribution is -2.11. The van der Waals surface area contributed by atoms with E-state index in [4.69, 9.17) is 4.74 Å². The number of carbonyl (C=O) groups excluding carboxylic acids is 2. The molecule has 0 fully saturated rings. The van der Waals surface area contributed by atoms with E-state index in [1.54, 1.807) is 24.3 Å². The SMILES string of the molecule is C=CC(=O)Oc1ccc2cc(C(=O)OS(C)(=O)=O)ccc2c1. The van der Waals surface area contributed by atoms with E-state index >= 15 is 0 Å². The minimum atomic E-state index is -3.86. The van der Waals surface area contributed by atoms with Gasteiger partial charge in [-0.15, -0.1) is 0 Å². The van der Waals surface area contributed by atoms with Crippen molar-refractivity contribution >= 4 is 32.8 Å². The van der Waals surface area contributed by atoms with Crippen molar-refractivity contribution < 1.29 is 26.9 Å². The maximum absolute atomic E-state index is 11.7. The second-order valence-electron chi connectivity index (χ2n) is 4.42. The predicted molar refractivity (Wildman–Crippen MR) is 80.0 cm³/mol. The van der Waals surface area contributed by atoms with Crippen LogP contribution in [0.15, 0.2) is 49.1 Å². The lowest BCUT2D eigenvalue weighted by molar-refractivity contribution is -0.128. The molecule has 0 aromatic heterocycles. The van der Waals surface area contributed by atoms with Crippen LogP contribution in [-0.2, 0) is 19.1 Å². The van der Waals surface area contributed by atoms with Gasteiger partial charge in [0.25, 0.3) is 0 Å². The highest BCUT2D eigenvalue weighted by Gasteiger charge is 2.14. The molecule has 114 valence electrons. The molecule has 0 N–H and O–H groups in total. The minimum absolute atomic E-state index is 0.105. The van der Waals surface area contributed by atoms with Gasteiger partial charge in [0.1, 0.15) is 5.75 Å². The summed E-state index contributed by atoms with van der Waals surface area (Å²) in [4.78, 5) is 22.8. The van der Waals surface area contributed by atoms with Gasteiger partial charge in [-0.1, -0.05) is 18.7 Å². The summed E-state index contributed by atoms with van der Waals surface area (Å²) in [6.07, 6.45) is 1.85. The van der Waals surface area contributed by atoms with Crippen molar-refractivity contribution in [1.82, 2.24) is 0 Å². The van der Waals surface area contributed by atoms with E-state index in [0.29, 0.717) is 16.5 Å². The second-order valence-corrected chi connectivity index (χ2v) is 6.00. The molecule has 0 bridgehead atoms. The van der Waals surface area contributed by atoms with E-state index in [1.165, 1.54) is 12.1 Å². The van der Waals surface area contributed by atoms with Gasteiger partial charge in [-0.2, -0.15) is 8.42 Å². The Morgan fingerprint density at radius 3 is 2.36 bits per heavy atom. The van der Waals surface area contributed by atoms with E-state index in [9.17, 15) is 18.0 Å². The van der Waals surface area contributed by atoms with E-state index in [2.05, 4.69) is 10.8 Å². The molecule has 0 atom stereocenters. The van der Waals surface area contributed by atoms with E-state index in [0.717, 1.165) is 12.3 Å². The zero-order valence-corrected chi connectivity index (χ0v) is 12.4. The smallest absolute Gasteiger partial charge is 0.353 e. The first-order valence-electron chi connectivity index (χ1n) is 6.10. The molecule has 0 radical (unpaired) electrons. The zero-order chi connectivity index (χ0) is 16.3. The van der Waals surface area contributed by atoms with Crippen LogP contribution in [0.25, 0.3) is 10.8 Å². The Labute approximate surface area is 127 Å². The fourth-order valence-corrected chi connectivity index (χ4v) is 2.13. The molecule has 0 aliphatic carbocycles. The molecule has 6 nitrogen and oxygen atoms in total. The van der Waals surface area contributed by atoms with Crippen LogP contribution in [0.5, 0.6) is 5.75 Å². The first kappa shape index (κ1) is 15.7. The maximum Gasteiger partial charge on any atom is 0.353 e. The monoisotopic (exact) mass is 320 g/mol. The van der Waals surface area contributed by atoms with E-state index in [-0.39, 0.29) is 5.56 Å². The molecule has 0 saturated carbocycles. The van der Waals surface area contributed by atoms with Gasteiger partial charge in [0.2, 0.25) is 0 Å². The van der Waals surface area contributed by atoms with Gasteiger partial charge < -0.3 is 8.92 Å². The van der Waals surface area contributed by atoms with Crippen molar-refractivity contribution in [3.05, 3.63) is 54.6 Å². The van der Waals surface area contributed by atoms with Gasteiger partial charge in [-0.3, -0.25) is 0 Å². The van der Waals surface area contributed by atoms with Crippen molar-refractivity contribution in [1.29, 1.82) is 0 Å². The van der Waals surface area contributed by atoms with Gasteiger partial charge in [0, 0.05) is 6.08 Å². The Hall–Kier alpha value is -2.67. The summed E-state index contributed by atoms with van der Waals surface area (Å²) in [5, 5.41) is 1.38. The molecule has 0 aliphatic rings. The van der Waals surface area contributed by atoms with Gasteiger partial charge in [-0.05, 0) is 35.0 Å². The topological polar surface area (TPSA) is 86.7 Å². The highest BCUT2D eigenvalue weighted by molar-refractivity contribution is 7.86. The van der Waals surface area contributed by atoms with Gasteiger partial charge in [0.05, 0.1) is 11.8 Å². The fourth-order valence-electron chi connectivity index (χ4n) is 1.76. The number of carbonyl (C=O) groups is 2. The largest absolute Gasteiger partial charge is 0.423 e. The Bertz CT molecular complexity index is 867. The molecule has 0 heterocycles. The van der Waals surface area contributed by atoms with Crippen LogP contribution in [0.2, 0.25) is 0 Å². The Morgan fingerprint density at radius 2 is 1.73 bits per heavy atom. The summed E-state index contributed by atoms with van der Waals surface area (Å²) < 4.78 is 31.2. The Kier molecular flexibility index (Phi) is 4.27. The molecular formula is C15H12O6S. The molecule has 0 unspecified atom stereocenters. The van der Waals surface area contributed by atoms with E-state index in [1.807, 2.05) is 0 Å². The molecule has 0 spiro atoms. The molecule has 2 aromatic rings. The van der Waals surface area contributed by atoms with Crippen LogP contribution in [0.4, 0.5) is 0 Å². The molecule has 0 saturated heterocycles. The van der Waals surface area contributed by atoms with E-state index < -0.39 is 22.1 Å². The minimum Gasteiger partial charge on any atom is -0.423 e. The first-order chi connectivity index (χ1) is 10.3. The molecule has 0 amide bonds. The number of ether oxygens (including phenoxy) is 1. The van der Waals surface area contributed by atoms with Crippen LogP contribution in [-0.4, -0.2) is 26.6 Å². The highest BCUT2D eigenvalue weighted by atomic mass is 32.2. The third kappa shape index (κ3) is 3.92. The zero-order valence-electron chi connectivity index (χ0n) is 11.6. The average molecular weight is 320 g/mol. The van der Waals surface area contributed by atoms with Crippen molar-refractivity contribution in [2.75, 3.05) is 6.26 Å². The Morgan fingerprint density at radius 1 is 1.09 bits per heavy atom. The Balaban J connectivity index is 2.32. The number of hydrogen-bond donors (Lipinski definition) is 0. The molecule has 22 heavy (non-hydrogen) atoms. The molecular weight excluding hydrogens is 308 g/mol. The van der Waals surface area contributed by atoms with Crippen molar-refractivity contribution in [3.63, 3.8) is 0 Å². The number of esters is 1. The van der Waals surface area contributed by atoms with Crippen LogP contribution < -0.4 is 4.74 Å². The normalized spacial score (nSPS) is 11.0. The van der Waals surface area contributed by atoms with Gasteiger partial charge in [0.15, 0.2) is 0 Å². The van der Waals surface area contributed by atoms with Crippen molar-refractivity contribution in [2.45, 2.75) is 0 Å². The second kappa shape index (κ2) is 5.98. The molecule has 0 aliphatic heterocycles. The lowest BCUT2D eigenvalue weighted by atomic mass is 10.1. The number of rotatable bonds is 4. The third-order valence-corrected chi connectivity index (χ3v) is 3.11. The highest BCUT2D eigenvalue weighted by Crippen LogP contribution is 2.22. The summed E-state index contributed by atoms with van der Waals surface area (Å²) in [6.45, 7) is 3.30. The van der Waals surface area contributed by atoms with Crippen LogP contribution in [0.1, 0.15) is 10.4 Å². The standard InChI is InChI=1S/C15H12O6S/c1-3-14(16)20-13-7-6-10-8-12(5-4-11(10)9-13)15(17)21-22(2,18)19/h3-9H,1H2,2H3. The average Bonchev–Trinajstić information content (AvgIpc) is 2.44. The van der Waals surface area contributed by atoms with Gasteiger partial charge in [-0.25, -0.2) is 9.59 Å². The molecule has 7 heteroatoms. The van der Waals surface area contributed by atoms with Gasteiger partial charge >= 0.3 is 22.1 Å². The summed E-state index contributed by atoms with van der Waals surface area (Å²) >= 11 is 0. The van der Waals surface area contributed by atoms with Crippen molar-refractivity contribution in [3.8, 4) is 5.75 Å². The summed E-state index contributed by atoms with van der Waals surface area (Å²) in [6, 6.07) is 9.31. The van der Waals surface area contributed by atoms with Crippen LogP contribution in [0.3, 0.4) is 0 Å².